The van der Waals surface area contributed by atoms with Gasteiger partial charge >= 0.3 is 0 Å². The fourth-order valence-corrected chi connectivity index (χ4v) is 2.48. The van der Waals surface area contributed by atoms with Crippen LogP contribution in [0.3, 0.4) is 0 Å². The van der Waals surface area contributed by atoms with E-state index >= 15 is 0 Å². The molecular formula is C17H28O. The summed E-state index contributed by atoms with van der Waals surface area (Å²) in [6.45, 7) is 8.88. The first kappa shape index (κ1) is 15.2. The molecule has 18 heavy (non-hydrogen) atoms. The molecule has 0 amide bonds. The van der Waals surface area contributed by atoms with Crippen molar-refractivity contribution in [1.29, 1.82) is 0 Å². The zero-order valence-electron chi connectivity index (χ0n) is 12.3. The third-order valence-corrected chi connectivity index (χ3v) is 3.42. The number of hydrogen-bond acceptors (Lipinski definition) is 1. The second-order valence-electron chi connectivity index (χ2n) is 5.98. The Labute approximate surface area is 112 Å². The minimum absolute atomic E-state index is 0.306. The molecular weight excluding hydrogens is 220 g/mol. The van der Waals surface area contributed by atoms with Crippen molar-refractivity contribution >= 4 is 0 Å². The van der Waals surface area contributed by atoms with Crippen LogP contribution in [0.4, 0.5) is 0 Å². The average Bonchev–Trinajstić information content (AvgIpc) is 2.29. The highest BCUT2D eigenvalue weighted by molar-refractivity contribution is 5.24. The fourth-order valence-electron chi connectivity index (χ4n) is 2.48. The van der Waals surface area contributed by atoms with Gasteiger partial charge in [-0.05, 0) is 35.8 Å². The minimum atomic E-state index is -0.306. The Hall–Kier alpha value is -0.820. The third kappa shape index (κ3) is 5.22. The lowest BCUT2D eigenvalue weighted by molar-refractivity contribution is 0.145. The molecule has 0 bridgehead atoms. The van der Waals surface area contributed by atoms with Crippen LogP contribution in [-0.2, 0) is 6.42 Å². The largest absolute Gasteiger partial charge is 0.388 e. The van der Waals surface area contributed by atoms with E-state index < -0.39 is 0 Å². The lowest BCUT2D eigenvalue weighted by atomic mass is 9.94. The van der Waals surface area contributed by atoms with E-state index in [0.29, 0.717) is 11.8 Å². The van der Waals surface area contributed by atoms with E-state index in [9.17, 15) is 5.11 Å². The predicted molar refractivity (Wildman–Crippen MR) is 78.6 cm³/mol. The Kier molecular flexibility index (Phi) is 6.42. The van der Waals surface area contributed by atoms with Crippen LogP contribution in [0, 0.1) is 11.8 Å². The molecule has 1 N–H and O–H groups in total. The van der Waals surface area contributed by atoms with Gasteiger partial charge < -0.3 is 5.11 Å². The molecule has 1 nitrogen and oxygen atoms in total. The van der Waals surface area contributed by atoms with Gasteiger partial charge in [0.2, 0.25) is 0 Å². The van der Waals surface area contributed by atoms with Crippen LogP contribution in [0.25, 0.3) is 0 Å². The Bertz CT molecular complexity index is 326. The van der Waals surface area contributed by atoms with E-state index in [1.165, 1.54) is 18.4 Å². The zero-order chi connectivity index (χ0) is 13.5. The summed E-state index contributed by atoms with van der Waals surface area (Å²) < 4.78 is 0. The molecule has 0 fully saturated rings. The molecule has 2 atom stereocenters. The Balaban J connectivity index is 2.55. The van der Waals surface area contributed by atoms with Crippen molar-refractivity contribution in [3.63, 3.8) is 0 Å². The van der Waals surface area contributed by atoms with Crippen LogP contribution in [0.2, 0.25) is 0 Å². The van der Waals surface area contributed by atoms with Gasteiger partial charge in [0.05, 0.1) is 6.10 Å². The van der Waals surface area contributed by atoms with Gasteiger partial charge in [-0.25, -0.2) is 0 Å². The van der Waals surface area contributed by atoms with Crippen molar-refractivity contribution < 1.29 is 5.11 Å². The molecule has 0 saturated heterocycles. The van der Waals surface area contributed by atoms with Crippen molar-refractivity contribution in [3.05, 3.63) is 35.4 Å². The van der Waals surface area contributed by atoms with Crippen molar-refractivity contribution in [2.24, 2.45) is 11.8 Å². The van der Waals surface area contributed by atoms with Crippen LogP contribution in [-0.4, -0.2) is 5.11 Å². The highest BCUT2D eigenvalue weighted by atomic mass is 16.3. The second-order valence-corrected chi connectivity index (χ2v) is 5.98. The van der Waals surface area contributed by atoms with Crippen molar-refractivity contribution in [1.82, 2.24) is 0 Å². The molecule has 0 saturated carbocycles. The number of aliphatic hydroxyl groups excluding tert-OH is 1. The summed E-state index contributed by atoms with van der Waals surface area (Å²) in [5.74, 6) is 1.28. The van der Waals surface area contributed by atoms with Gasteiger partial charge in [0.25, 0.3) is 0 Å². The fraction of sp³-hybridized carbons (Fsp3) is 0.647. The number of aliphatic hydroxyl groups is 1. The number of rotatable bonds is 7. The van der Waals surface area contributed by atoms with Gasteiger partial charge in [0.1, 0.15) is 0 Å². The minimum Gasteiger partial charge on any atom is -0.388 e. The SMILES string of the molecule is CCCC(C)CC(O)c1ccc(CC(C)C)cc1. The molecule has 0 spiro atoms. The van der Waals surface area contributed by atoms with E-state index in [-0.39, 0.29) is 6.10 Å². The Morgan fingerprint density at radius 3 is 2.17 bits per heavy atom. The molecule has 1 rings (SSSR count). The first-order valence-corrected chi connectivity index (χ1v) is 7.29. The van der Waals surface area contributed by atoms with Crippen LogP contribution < -0.4 is 0 Å². The molecule has 1 aromatic rings. The second kappa shape index (κ2) is 7.58. The topological polar surface area (TPSA) is 20.2 Å². The maximum absolute atomic E-state index is 10.2. The van der Waals surface area contributed by atoms with Crippen molar-refractivity contribution in [2.45, 2.75) is 59.5 Å². The summed E-state index contributed by atoms with van der Waals surface area (Å²) in [7, 11) is 0. The standard InChI is InChI=1S/C17H28O/c1-5-6-14(4)12-17(18)16-9-7-15(8-10-16)11-13(2)3/h7-10,13-14,17-18H,5-6,11-12H2,1-4H3. The molecule has 0 aliphatic heterocycles. The van der Waals surface area contributed by atoms with Gasteiger partial charge in [0, 0.05) is 0 Å². The van der Waals surface area contributed by atoms with Crippen LogP contribution in [0.5, 0.6) is 0 Å². The van der Waals surface area contributed by atoms with Gasteiger partial charge in [-0.1, -0.05) is 64.8 Å². The molecule has 0 aliphatic carbocycles. The molecule has 0 aliphatic rings. The predicted octanol–water partition coefficient (Wildman–Crippen LogP) is 4.74. The van der Waals surface area contributed by atoms with Gasteiger partial charge in [-0.2, -0.15) is 0 Å². The van der Waals surface area contributed by atoms with Crippen molar-refractivity contribution in [2.75, 3.05) is 0 Å². The summed E-state index contributed by atoms with van der Waals surface area (Å²) in [6.07, 6.45) is 4.07. The van der Waals surface area contributed by atoms with Crippen LogP contribution in [0.1, 0.15) is 64.2 Å². The maximum atomic E-state index is 10.2. The molecule has 2 unspecified atom stereocenters. The lowest BCUT2D eigenvalue weighted by Gasteiger charge is -2.16. The van der Waals surface area contributed by atoms with E-state index in [4.69, 9.17) is 0 Å². The molecule has 0 aromatic heterocycles. The normalized spacial score (nSPS) is 14.8. The van der Waals surface area contributed by atoms with E-state index in [0.717, 1.165) is 18.4 Å². The molecule has 0 radical (unpaired) electrons. The van der Waals surface area contributed by atoms with Crippen molar-refractivity contribution in [3.8, 4) is 0 Å². The average molecular weight is 248 g/mol. The molecule has 0 heterocycles. The van der Waals surface area contributed by atoms with E-state index in [1.54, 1.807) is 0 Å². The molecule has 102 valence electrons. The highest BCUT2D eigenvalue weighted by Gasteiger charge is 2.12. The molecule has 1 heteroatoms. The van der Waals surface area contributed by atoms with Crippen LogP contribution in [0.15, 0.2) is 24.3 Å². The third-order valence-electron chi connectivity index (χ3n) is 3.42. The first-order valence-electron chi connectivity index (χ1n) is 7.29. The Morgan fingerprint density at radius 1 is 1.06 bits per heavy atom. The lowest BCUT2D eigenvalue weighted by Crippen LogP contribution is -2.04. The zero-order valence-corrected chi connectivity index (χ0v) is 12.3. The van der Waals surface area contributed by atoms with E-state index in [2.05, 4.69) is 52.0 Å². The smallest absolute Gasteiger partial charge is 0.0792 e. The summed E-state index contributed by atoms with van der Waals surface area (Å²) in [5.41, 5.74) is 2.42. The van der Waals surface area contributed by atoms with Gasteiger partial charge in [-0.15, -0.1) is 0 Å². The Morgan fingerprint density at radius 2 is 1.67 bits per heavy atom. The quantitative estimate of drug-likeness (QED) is 0.738. The first-order chi connectivity index (χ1) is 8.52. The van der Waals surface area contributed by atoms with E-state index in [1.807, 2.05) is 0 Å². The number of benzene rings is 1. The summed E-state index contributed by atoms with van der Waals surface area (Å²) in [4.78, 5) is 0. The van der Waals surface area contributed by atoms with Gasteiger partial charge in [0.15, 0.2) is 0 Å². The van der Waals surface area contributed by atoms with Gasteiger partial charge in [-0.3, -0.25) is 0 Å². The summed E-state index contributed by atoms with van der Waals surface area (Å²) in [5, 5.41) is 10.2. The monoisotopic (exact) mass is 248 g/mol. The number of hydrogen-bond donors (Lipinski definition) is 1. The maximum Gasteiger partial charge on any atom is 0.0792 e. The highest BCUT2D eigenvalue weighted by Crippen LogP contribution is 2.24. The van der Waals surface area contributed by atoms with Crippen LogP contribution >= 0.6 is 0 Å². The summed E-state index contributed by atoms with van der Waals surface area (Å²) >= 11 is 0. The summed E-state index contributed by atoms with van der Waals surface area (Å²) in [6, 6.07) is 8.48. The molecule has 1 aromatic carbocycles.